The summed E-state index contributed by atoms with van der Waals surface area (Å²) >= 11 is 0. The van der Waals surface area contributed by atoms with Crippen LogP contribution in [0.25, 0.3) is 10.8 Å². The first-order valence-electron chi connectivity index (χ1n) is 8.60. The van der Waals surface area contributed by atoms with E-state index >= 15 is 0 Å². The Labute approximate surface area is 159 Å². The first-order chi connectivity index (χ1) is 12.8. The van der Waals surface area contributed by atoms with Crippen LogP contribution in [0.4, 0.5) is 11.8 Å². The molecule has 7 nitrogen and oxygen atoms in total. The van der Waals surface area contributed by atoms with Gasteiger partial charge >= 0.3 is 0 Å². The van der Waals surface area contributed by atoms with Crippen molar-refractivity contribution in [1.82, 2.24) is 14.7 Å². The lowest BCUT2D eigenvalue weighted by Gasteiger charge is -2.14. The Morgan fingerprint density at radius 1 is 0.963 bits per heavy atom. The lowest BCUT2D eigenvalue weighted by atomic mass is 10.1. The molecule has 8 heteroatoms. The summed E-state index contributed by atoms with van der Waals surface area (Å²) < 4.78 is 27.6. The molecule has 0 bridgehead atoms. The first kappa shape index (κ1) is 19.1. The number of hydrogen-bond acceptors (Lipinski definition) is 6. The topological polar surface area (TPSA) is 87.2 Å². The van der Waals surface area contributed by atoms with Crippen molar-refractivity contribution in [3.63, 3.8) is 0 Å². The second-order valence-electron chi connectivity index (χ2n) is 6.42. The van der Waals surface area contributed by atoms with Crippen LogP contribution < -0.4 is 14.9 Å². The van der Waals surface area contributed by atoms with Gasteiger partial charge in [-0.05, 0) is 29.8 Å². The van der Waals surface area contributed by atoms with Gasteiger partial charge in [0.2, 0.25) is 16.0 Å². The van der Waals surface area contributed by atoms with E-state index in [4.69, 9.17) is 0 Å². The molecule has 0 aliphatic rings. The molecular weight excluding hydrogens is 362 g/mol. The van der Waals surface area contributed by atoms with E-state index in [9.17, 15) is 8.42 Å². The molecule has 142 valence electrons. The molecule has 0 saturated carbocycles. The Hall–Kier alpha value is -2.71. The molecule has 0 unspecified atom stereocenters. The van der Waals surface area contributed by atoms with Crippen LogP contribution in [0.3, 0.4) is 0 Å². The van der Waals surface area contributed by atoms with Crippen molar-refractivity contribution in [3.8, 4) is 0 Å². The summed E-state index contributed by atoms with van der Waals surface area (Å²) in [7, 11) is 0.237. The van der Waals surface area contributed by atoms with Crippen molar-refractivity contribution in [1.29, 1.82) is 0 Å². The lowest BCUT2D eigenvalue weighted by Crippen LogP contribution is -2.29. The van der Waals surface area contributed by atoms with E-state index in [1.54, 1.807) is 12.1 Å². The monoisotopic (exact) mass is 385 g/mol. The molecule has 0 atom stereocenters. The molecule has 2 N–H and O–H groups in total. The maximum Gasteiger partial charge on any atom is 0.240 e. The van der Waals surface area contributed by atoms with Gasteiger partial charge < -0.3 is 10.2 Å². The molecule has 27 heavy (non-hydrogen) atoms. The average molecular weight is 385 g/mol. The Kier molecular flexibility index (Phi) is 5.57. The van der Waals surface area contributed by atoms with E-state index in [0.29, 0.717) is 12.5 Å². The largest absolute Gasteiger partial charge is 0.363 e. The summed E-state index contributed by atoms with van der Waals surface area (Å²) in [5.74, 6) is 1.27. The molecular formula is C19H23N5O2S. The summed E-state index contributed by atoms with van der Waals surface area (Å²) in [6, 6.07) is 14.7. The van der Waals surface area contributed by atoms with E-state index in [0.717, 1.165) is 22.3 Å². The van der Waals surface area contributed by atoms with Crippen LogP contribution in [0.1, 0.15) is 5.69 Å². The number of nitrogens with one attached hydrogen (secondary N) is 2. The van der Waals surface area contributed by atoms with Gasteiger partial charge in [-0.1, -0.05) is 30.3 Å². The van der Waals surface area contributed by atoms with Crippen molar-refractivity contribution in [2.75, 3.05) is 37.4 Å². The maximum absolute atomic E-state index is 12.5. The number of aryl methyl sites for hydroxylation is 1. The predicted molar refractivity (Wildman–Crippen MR) is 109 cm³/mol. The smallest absolute Gasteiger partial charge is 0.240 e. The number of benzene rings is 2. The van der Waals surface area contributed by atoms with Gasteiger partial charge in [0.25, 0.3) is 0 Å². The minimum atomic E-state index is -3.57. The van der Waals surface area contributed by atoms with Crippen LogP contribution in [0, 0.1) is 6.92 Å². The summed E-state index contributed by atoms with van der Waals surface area (Å²) in [5.41, 5.74) is 0.841. The van der Waals surface area contributed by atoms with E-state index in [1.165, 1.54) is 0 Å². The zero-order valence-electron chi connectivity index (χ0n) is 15.6. The Balaban J connectivity index is 1.62. The van der Waals surface area contributed by atoms with Crippen molar-refractivity contribution < 1.29 is 8.42 Å². The highest BCUT2D eigenvalue weighted by atomic mass is 32.2. The number of aromatic nitrogens is 2. The van der Waals surface area contributed by atoms with Crippen LogP contribution in [0.5, 0.6) is 0 Å². The first-order valence-corrected chi connectivity index (χ1v) is 10.1. The number of rotatable bonds is 7. The second-order valence-corrected chi connectivity index (χ2v) is 8.19. The van der Waals surface area contributed by atoms with Crippen LogP contribution in [-0.2, 0) is 10.0 Å². The maximum atomic E-state index is 12.5. The summed E-state index contributed by atoms with van der Waals surface area (Å²) in [6.45, 7) is 2.50. The Bertz CT molecular complexity index is 1050. The van der Waals surface area contributed by atoms with Gasteiger partial charge in [0, 0.05) is 38.9 Å². The third-order valence-electron chi connectivity index (χ3n) is 4.03. The lowest BCUT2D eigenvalue weighted by molar-refractivity contribution is 0.583. The van der Waals surface area contributed by atoms with E-state index in [1.807, 2.05) is 62.3 Å². The SMILES string of the molecule is Cc1cc(N(C)C)nc(NCCNS(=O)(=O)c2ccc3ccccc3c2)n1. The molecule has 2 aromatic carbocycles. The highest BCUT2D eigenvalue weighted by Gasteiger charge is 2.13. The fourth-order valence-electron chi connectivity index (χ4n) is 2.64. The zero-order valence-corrected chi connectivity index (χ0v) is 16.4. The van der Waals surface area contributed by atoms with Gasteiger partial charge in [-0.2, -0.15) is 4.98 Å². The summed E-state index contributed by atoms with van der Waals surface area (Å²) in [4.78, 5) is 10.8. The van der Waals surface area contributed by atoms with Crippen molar-refractivity contribution in [2.24, 2.45) is 0 Å². The minimum absolute atomic E-state index is 0.226. The fourth-order valence-corrected chi connectivity index (χ4v) is 3.70. The van der Waals surface area contributed by atoms with E-state index in [-0.39, 0.29) is 11.4 Å². The summed E-state index contributed by atoms with van der Waals surface area (Å²) in [5, 5.41) is 4.96. The molecule has 0 spiro atoms. The van der Waals surface area contributed by atoms with Gasteiger partial charge in [-0.25, -0.2) is 18.1 Å². The number of fused-ring (bicyclic) bond motifs is 1. The van der Waals surface area contributed by atoms with Crippen molar-refractivity contribution >= 4 is 32.6 Å². The Morgan fingerprint density at radius 2 is 1.70 bits per heavy atom. The van der Waals surface area contributed by atoms with Crippen molar-refractivity contribution in [2.45, 2.75) is 11.8 Å². The third-order valence-corrected chi connectivity index (χ3v) is 5.49. The molecule has 0 saturated heterocycles. The molecule has 0 aliphatic carbocycles. The normalized spacial score (nSPS) is 11.5. The van der Waals surface area contributed by atoms with Crippen LogP contribution in [-0.4, -0.2) is 45.6 Å². The Morgan fingerprint density at radius 3 is 2.44 bits per heavy atom. The standard InChI is InChI=1S/C19H23N5O2S/c1-14-12-18(24(2)3)23-19(22-14)20-10-11-21-27(25,26)17-9-8-15-6-4-5-7-16(15)13-17/h4-9,12-13,21H,10-11H2,1-3H3,(H,20,22,23). The highest BCUT2D eigenvalue weighted by Crippen LogP contribution is 2.18. The quantitative estimate of drug-likeness (QED) is 0.607. The van der Waals surface area contributed by atoms with Gasteiger partial charge in [0.05, 0.1) is 4.90 Å². The second kappa shape index (κ2) is 7.89. The van der Waals surface area contributed by atoms with Crippen LogP contribution in [0.15, 0.2) is 53.4 Å². The highest BCUT2D eigenvalue weighted by molar-refractivity contribution is 7.89. The number of sulfonamides is 1. The van der Waals surface area contributed by atoms with Gasteiger partial charge in [-0.15, -0.1) is 0 Å². The van der Waals surface area contributed by atoms with E-state index in [2.05, 4.69) is 20.0 Å². The van der Waals surface area contributed by atoms with Gasteiger partial charge in [0.15, 0.2) is 0 Å². The molecule has 0 aliphatic heterocycles. The molecule has 1 aromatic heterocycles. The molecule has 0 radical (unpaired) electrons. The fraction of sp³-hybridized carbons (Fsp3) is 0.263. The van der Waals surface area contributed by atoms with Gasteiger partial charge in [-0.3, -0.25) is 0 Å². The average Bonchev–Trinajstić information content (AvgIpc) is 2.64. The number of nitrogens with zero attached hydrogens (tertiary/aromatic N) is 3. The van der Waals surface area contributed by atoms with Crippen LogP contribution >= 0.6 is 0 Å². The molecule has 3 rings (SSSR count). The van der Waals surface area contributed by atoms with Crippen molar-refractivity contribution in [3.05, 3.63) is 54.2 Å². The molecule has 3 aromatic rings. The number of anilines is 2. The molecule has 0 amide bonds. The van der Waals surface area contributed by atoms with Crippen LogP contribution in [0.2, 0.25) is 0 Å². The van der Waals surface area contributed by atoms with E-state index < -0.39 is 10.0 Å². The zero-order chi connectivity index (χ0) is 19.4. The minimum Gasteiger partial charge on any atom is -0.363 e. The predicted octanol–water partition coefficient (Wildman–Crippen LogP) is 2.39. The molecule has 1 heterocycles. The third kappa shape index (κ3) is 4.72. The summed E-state index contributed by atoms with van der Waals surface area (Å²) in [6.07, 6.45) is 0. The molecule has 0 fully saturated rings. The van der Waals surface area contributed by atoms with Gasteiger partial charge in [0.1, 0.15) is 5.82 Å². The number of hydrogen-bond donors (Lipinski definition) is 2.